The van der Waals surface area contributed by atoms with Gasteiger partial charge >= 0.3 is 0 Å². The van der Waals surface area contributed by atoms with E-state index in [1.807, 2.05) is 0 Å². The summed E-state index contributed by atoms with van der Waals surface area (Å²) < 4.78 is 0. The first kappa shape index (κ1) is 13.5. The van der Waals surface area contributed by atoms with E-state index in [1.54, 1.807) is 22.7 Å². The van der Waals surface area contributed by atoms with Crippen molar-refractivity contribution >= 4 is 22.7 Å². The number of nitriles is 1. The van der Waals surface area contributed by atoms with E-state index in [0.29, 0.717) is 0 Å². The number of hydrogen-bond acceptors (Lipinski definition) is 4. The van der Waals surface area contributed by atoms with Crippen LogP contribution in [0, 0.1) is 16.7 Å². The lowest BCUT2D eigenvalue weighted by molar-refractivity contribution is -0.00409. The van der Waals surface area contributed by atoms with Crippen molar-refractivity contribution in [3.05, 3.63) is 44.8 Å². The molecule has 0 aliphatic carbocycles. The average Bonchev–Trinajstić information content (AvgIpc) is 3.24. The Morgan fingerprint density at radius 3 is 1.90 bits per heavy atom. The van der Waals surface area contributed by atoms with Crippen LogP contribution in [0.5, 0.6) is 0 Å². The van der Waals surface area contributed by atoms with Crippen LogP contribution in [0.3, 0.4) is 0 Å². The second kappa shape index (κ2) is 4.95. The predicted molar refractivity (Wildman–Crippen MR) is 87.8 cm³/mol. The zero-order chi connectivity index (χ0) is 14.3. The molecule has 4 heteroatoms. The Bertz CT molecular complexity index is 596. The van der Waals surface area contributed by atoms with Crippen molar-refractivity contribution in [2.75, 3.05) is 19.6 Å². The summed E-state index contributed by atoms with van der Waals surface area (Å²) in [7, 11) is 0. The molecule has 3 aliphatic rings. The molecular formula is C17H18N2S2. The zero-order valence-electron chi connectivity index (χ0n) is 11.9. The highest BCUT2D eigenvalue weighted by Crippen LogP contribution is 2.58. The van der Waals surface area contributed by atoms with E-state index in [1.165, 1.54) is 9.75 Å². The van der Waals surface area contributed by atoms with Gasteiger partial charge in [0, 0.05) is 15.2 Å². The second-order valence-corrected chi connectivity index (χ2v) is 8.08. The molecule has 2 aromatic rings. The molecular weight excluding hydrogens is 296 g/mol. The third kappa shape index (κ3) is 1.78. The molecule has 0 spiro atoms. The van der Waals surface area contributed by atoms with Crippen LogP contribution in [0.4, 0.5) is 0 Å². The van der Waals surface area contributed by atoms with Crippen LogP contribution >= 0.6 is 22.7 Å². The van der Waals surface area contributed by atoms with Gasteiger partial charge in [0.25, 0.3) is 0 Å². The Hall–Kier alpha value is -1.15. The predicted octanol–water partition coefficient (Wildman–Crippen LogP) is 4.11. The molecule has 0 amide bonds. The first-order chi connectivity index (χ1) is 10.3. The fourth-order valence-electron chi connectivity index (χ4n) is 4.25. The van der Waals surface area contributed by atoms with Crippen molar-refractivity contribution in [2.24, 2.45) is 5.41 Å². The largest absolute Gasteiger partial charge is 0.303 e. The van der Waals surface area contributed by atoms with E-state index in [2.05, 4.69) is 46.0 Å². The lowest BCUT2D eigenvalue weighted by Crippen LogP contribution is -2.57. The van der Waals surface area contributed by atoms with Crippen molar-refractivity contribution < 1.29 is 0 Å². The van der Waals surface area contributed by atoms with E-state index in [4.69, 9.17) is 0 Å². The normalized spacial score (nSPS) is 28.4. The van der Waals surface area contributed by atoms with Gasteiger partial charge in [0.1, 0.15) is 5.41 Å². The quantitative estimate of drug-likeness (QED) is 0.852. The topological polar surface area (TPSA) is 27.0 Å². The van der Waals surface area contributed by atoms with Gasteiger partial charge in [-0.15, -0.1) is 22.7 Å². The summed E-state index contributed by atoms with van der Waals surface area (Å²) in [6.07, 6.45) is 3.45. The number of piperidine rings is 3. The lowest BCUT2D eigenvalue weighted by atomic mass is 9.54. The number of hydrogen-bond donors (Lipinski definition) is 0. The summed E-state index contributed by atoms with van der Waals surface area (Å²) >= 11 is 3.50. The molecule has 0 unspecified atom stereocenters. The minimum absolute atomic E-state index is 0.117. The maximum absolute atomic E-state index is 10.3. The molecule has 2 nitrogen and oxygen atoms in total. The van der Waals surface area contributed by atoms with Crippen LogP contribution < -0.4 is 0 Å². The minimum Gasteiger partial charge on any atom is -0.303 e. The second-order valence-electron chi connectivity index (χ2n) is 6.19. The fraction of sp³-hybridized carbons (Fsp3) is 0.471. The SMILES string of the molecule is N#CC(c1cccs1)(c1cccs1)C12CCN(CC1)CC2. The van der Waals surface area contributed by atoms with Crippen LogP contribution in [-0.4, -0.2) is 24.5 Å². The van der Waals surface area contributed by atoms with Gasteiger partial charge in [-0.05, 0) is 61.8 Å². The van der Waals surface area contributed by atoms with Crippen LogP contribution in [-0.2, 0) is 5.41 Å². The average molecular weight is 314 g/mol. The summed E-state index contributed by atoms with van der Waals surface area (Å²) in [6.45, 7) is 3.46. The summed E-state index contributed by atoms with van der Waals surface area (Å²) in [5.74, 6) is 0. The van der Waals surface area contributed by atoms with Crippen molar-refractivity contribution in [3.63, 3.8) is 0 Å². The summed E-state index contributed by atoms with van der Waals surface area (Å²) in [5.41, 5.74) is -0.325. The molecule has 3 fully saturated rings. The molecule has 108 valence electrons. The zero-order valence-corrected chi connectivity index (χ0v) is 13.6. The molecule has 21 heavy (non-hydrogen) atoms. The van der Waals surface area contributed by atoms with Gasteiger partial charge in [0.2, 0.25) is 0 Å². The molecule has 2 aromatic heterocycles. The maximum Gasteiger partial charge on any atom is 0.131 e. The molecule has 2 bridgehead atoms. The van der Waals surface area contributed by atoms with Crippen LogP contribution in [0.25, 0.3) is 0 Å². The van der Waals surface area contributed by atoms with Gasteiger partial charge in [0.05, 0.1) is 6.07 Å². The first-order valence-electron chi connectivity index (χ1n) is 7.52. The smallest absolute Gasteiger partial charge is 0.131 e. The molecule has 5 rings (SSSR count). The third-order valence-corrected chi connectivity index (χ3v) is 7.44. The molecule has 0 aromatic carbocycles. The van der Waals surface area contributed by atoms with Crippen LogP contribution in [0.2, 0.25) is 0 Å². The highest BCUT2D eigenvalue weighted by Gasteiger charge is 2.57. The standard InChI is InChI=1S/C17H18N2S2/c18-13-17(14-3-1-11-20-14,15-4-2-12-21-15)16-5-8-19(9-6-16)10-7-16/h1-4,11-12H,5-10H2. The number of fused-ring (bicyclic) bond motifs is 3. The molecule has 3 saturated heterocycles. The molecule has 5 heterocycles. The fourth-order valence-corrected chi connectivity index (χ4v) is 6.33. The van der Waals surface area contributed by atoms with Gasteiger partial charge < -0.3 is 4.90 Å². The molecule has 0 radical (unpaired) electrons. The van der Waals surface area contributed by atoms with Gasteiger partial charge in [-0.1, -0.05) is 12.1 Å². The molecule has 0 saturated carbocycles. The van der Waals surface area contributed by atoms with Crippen LogP contribution in [0.15, 0.2) is 35.0 Å². The Morgan fingerprint density at radius 2 is 1.52 bits per heavy atom. The lowest BCUT2D eigenvalue weighted by Gasteiger charge is -2.55. The Morgan fingerprint density at radius 1 is 1.00 bits per heavy atom. The van der Waals surface area contributed by atoms with Gasteiger partial charge in [-0.2, -0.15) is 5.26 Å². The Kier molecular flexibility index (Phi) is 3.18. The summed E-state index contributed by atoms with van der Waals surface area (Å²) in [6, 6.07) is 11.3. The van der Waals surface area contributed by atoms with Crippen molar-refractivity contribution in [1.82, 2.24) is 4.90 Å². The maximum atomic E-state index is 10.3. The third-order valence-electron chi connectivity index (χ3n) is 5.46. The first-order valence-corrected chi connectivity index (χ1v) is 9.28. The van der Waals surface area contributed by atoms with Crippen molar-refractivity contribution in [2.45, 2.75) is 24.7 Å². The van der Waals surface area contributed by atoms with Gasteiger partial charge in [-0.25, -0.2) is 0 Å². The molecule has 3 aliphatic heterocycles. The van der Waals surface area contributed by atoms with E-state index >= 15 is 0 Å². The Balaban J connectivity index is 1.94. The molecule has 0 atom stereocenters. The highest BCUT2D eigenvalue weighted by molar-refractivity contribution is 7.12. The van der Waals surface area contributed by atoms with E-state index in [0.717, 1.165) is 38.9 Å². The van der Waals surface area contributed by atoms with Crippen molar-refractivity contribution in [3.8, 4) is 6.07 Å². The monoisotopic (exact) mass is 314 g/mol. The van der Waals surface area contributed by atoms with Crippen molar-refractivity contribution in [1.29, 1.82) is 5.26 Å². The highest BCUT2D eigenvalue weighted by atomic mass is 32.1. The van der Waals surface area contributed by atoms with Crippen LogP contribution in [0.1, 0.15) is 29.0 Å². The van der Waals surface area contributed by atoms with E-state index < -0.39 is 5.41 Å². The number of thiophene rings is 2. The minimum atomic E-state index is -0.443. The number of rotatable bonds is 3. The number of nitrogens with zero attached hydrogens (tertiary/aromatic N) is 2. The Labute approximate surface area is 133 Å². The van der Waals surface area contributed by atoms with E-state index in [9.17, 15) is 5.26 Å². The molecule has 0 N–H and O–H groups in total. The van der Waals surface area contributed by atoms with Gasteiger partial charge in [-0.3, -0.25) is 0 Å². The summed E-state index contributed by atoms with van der Waals surface area (Å²) in [4.78, 5) is 5.03. The summed E-state index contributed by atoms with van der Waals surface area (Å²) in [5, 5.41) is 14.6. The van der Waals surface area contributed by atoms with Gasteiger partial charge in [0.15, 0.2) is 0 Å². The van der Waals surface area contributed by atoms with E-state index in [-0.39, 0.29) is 5.41 Å².